The van der Waals surface area contributed by atoms with Crippen molar-refractivity contribution in [3.05, 3.63) is 26.6 Å². The number of thiophene rings is 1. The number of hydrogen-bond donors (Lipinski definition) is 1. The summed E-state index contributed by atoms with van der Waals surface area (Å²) in [5.74, 6) is 0. The minimum atomic E-state index is 0.822. The molecule has 0 aliphatic heterocycles. The zero-order chi connectivity index (χ0) is 9.42. The first kappa shape index (κ1) is 9.73. The molecule has 2 N–H and O–H groups in total. The first-order valence-electron chi connectivity index (χ1n) is 3.74. The third-order valence-corrected chi connectivity index (χ3v) is 4.31. The third-order valence-electron chi connectivity index (χ3n) is 1.99. The van der Waals surface area contributed by atoms with Crippen molar-refractivity contribution in [3.63, 3.8) is 0 Å². The van der Waals surface area contributed by atoms with Gasteiger partial charge < -0.3 is 5.73 Å². The highest BCUT2D eigenvalue weighted by Gasteiger charge is 2.08. The molecule has 0 aliphatic carbocycles. The fraction of sp³-hybridized carbons (Fsp3) is 0.111. The molecule has 0 saturated heterocycles. The molecule has 0 saturated carbocycles. The lowest BCUT2D eigenvalue weighted by Crippen LogP contribution is -1.95. The predicted octanol–water partition coefficient (Wildman–Crippen LogP) is 3.98. The number of anilines is 1. The molecular weight excluding hydrogens is 361 g/mol. The Morgan fingerprint density at radius 1 is 1.54 bits per heavy atom. The molecule has 0 radical (unpaired) electrons. The summed E-state index contributed by atoms with van der Waals surface area (Å²) in [7, 11) is 0. The molecular formula is C9H7BrINS. The van der Waals surface area contributed by atoms with E-state index in [9.17, 15) is 0 Å². The first-order valence-corrected chi connectivity index (χ1v) is 6.82. The zero-order valence-electron chi connectivity index (χ0n) is 6.68. The topological polar surface area (TPSA) is 26.0 Å². The van der Waals surface area contributed by atoms with Crippen LogP contribution in [0.3, 0.4) is 0 Å². The summed E-state index contributed by atoms with van der Waals surface area (Å²) in [4.78, 5) is 0. The average Bonchev–Trinajstić information content (AvgIpc) is 2.54. The van der Waals surface area contributed by atoms with E-state index in [0.717, 1.165) is 14.6 Å². The van der Waals surface area contributed by atoms with Crippen molar-refractivity contribution >= 4 is 65.6 Å². The van der Waals surface area contributed by atoms with Gasteiger partial charge in [-0.25, -0.2) is 0 Å². The molecule has 1 heterocycles. The van der Waals surface area contributed by atoms with Gasteiger partial charge in [0.05, 0.1) is 0 Å². The van der Waals surface area contributed by atoms with E-state index < -0.39 is 0 Å². The largest absolute Gasteiger partial charge is 0.398 e. The van der Waals surface area contributed by atoms with Gasteiger partial charge in [-0.05, 0) is 51.1 Å². The average molecular weight is 368 g/mol. The molecule has 0 unspecified atom stereocenters. The monoisotopic (exact) mass is 367 g/mol. The number of halogens is 2. The molecule has 0 bridgehead atoms. The van der Waals surface area contributed by atoms with Crippen molar-refractivity contribution in [1.82, 2.24) is 0 Å². The standard InChI is InChI=1S/C9H7BrINS/c10-4-6-5-1-2-13-8(5)3-7(11)9(6)12/h1-3H,4,12H2. The summed E-state index contributed by atoms with van der Waals surface area (Å²) in [6, 6.07) is 4.27. The van der Waals surface area contributed by atoms with Crippen LogP contribution in [0.1, 0.15) is 5.56 Å². The SMILES string of the molecule is Nc1c(I)cc2sccc2c1CBr. The highest BCUT2D eigenvalue weighted by molar-refractivity contribution is 14.1. The van der Waals surface area contributed by atoms with Crippen molar-refractivity contribution in [2.24, 2.45) is 0 Å². The normalized spacial score (nSPS) is 10.9. The van der Waals surface area contributed by atoms with Crippen molar-refractivity contribution in [2.75, 3.05) is 5.73 Å². The molecule has 0 aliphatic rings. The number of nitrogens with two attached hydrogens (primary N) is 1. The maximum absolute atomic E-state index is 5.99. The summed E-state index contributed by atoms with van der Waals surface area (Å²) in [6.45, 7) is 0. The maximum Gasteiger partial charge on any atom is 0.0497 e. The summed E-state index contributed by atoms with van der Waals surface area (Å²) < 4.78 is 2.45. The summed E-state index contributed by atoms with van der Waals surface area (Å²) >= 11 is 7.51. The number of rotatable bonds is 1. The number of fused-ring (bicyclic) bond motifs is 1. The van der Waals surface area contributed by atoms with Crippen LogP contribution in [0.15, 0.2) is 17.5 Å². The molecule has 0 atom stereocenters. The van der Waals surface area contributed by atoms with E-state index in [4.69, 9.17) is 5.73 Å². The van der Waals surface area contributed by atoms with Crippen LogP contribution in [0.5, 0.6) is 0 Å². The second-order valence-electron chi connectivity index (χ2n) is 2.72. The summed E-state index contributed by atoms with van der Waals surface area (Å²) in [5.41, 5.74) is 8.10. The predicted molar refractivity (Wildman–Crippen MR) is 71.6 cm³/mol. The third kappa shape index (κ3) is 1.59. The van der Waals surface area contributed by atoms with Gasteiger partial charge in [-0.3, -0.25) is 0 Å². The van der Waals surface area contributed by atoms with Gasteiger partial charge in [0, 0.05) is 19.3 Å². The van der Waals surface area contributed by atoms with Crippen LogP contribution in [0, 0.1) is 3.57 Å². The van der Waals surface area contributed by atoms with Crippen LogP contribution in [0.4, 0.5) is 5.69 Å². The number of benzene rings is 1. The minimum absolute atomic E-state index is 0.822. The van der Waals surface area contributed by atoms with Crippen molar-refractivity contribution in [3.8, 4) is 0 Å². The molecule has 2 rings (SSSR count). The Morgan fingerprint density at radius 2 is 2.31 bits per heavy atom. The zero-order valence-corrected chi connectivity index (χ0v) is 11.2. The molecule has 0 spiro atoms. The molecule has 1 aromatic heterocycles. The molecule has 2 aromatic rings. The molecule has 0 amide bonds. The van der Waals surface area contributed by atoms with Crippen molar-refractivity contribution in [2.45, 2.75) is 5.33 Å². The molecule has 68 valence electrons. The Labute approximate surface area is 103 Å². The Bertz CT molecular complexity index is 452. The maximum atomic E-state index is 5.99. The highest BCUT2D eigenvalue weighted by Crippen LogP contribution is 2.33. The Hall–Kier alpha value is 0.190. The molecule has 1 nitrogen and oxygen atoms in total. The molecule has 4 heteroatoms. The van der Waals surface area contributed by atoms with E-state index >= 15 is 0 Å². The summed E-state index contributed by atoms with van der Waals surface area (Å²) in [6.07, 6.45) is 0. The van der Waals surface area contributed by atoms with E-state index in [1.807, 2.05) is 0 Å². The van der Waals surface area contributed by atoms with Gasteiger partial charge in [0.15, 0.2) is 0 Å². The highest BCUT2D eigenvalue weighted by atomic mass is 127. The van der Waals surface area contributed by atoms with Crippen LogP contribution >= 0.6 is 49.9 Å². The first-order chi connectivity index (χ1) is 6.24. The second-order valence-corrected chi connectivity index (χ2v) is 5.39. The van der Waals surface area contributed by atoms with Crippen LogP contribution in [-0.4, -0.2) is 0 Å². The lowest BCUT2D eigenvalue weighted by Gasteiger charge is -2.06. The smallest absolute Gasteiger partial charge is 0.0497 e. The number of hydrogen-bond acceptors (Lipinski definition) is 2. The van der Waals surface area contributed by atoms with Gasteiger partial charge in [-0.2, -0.15) is 0 Å². The van der Waals surface area contributed by atoms with Gasteiger partial charge in [0.1, 0.15) is 0 Å². The van der Waals surface area contributed by atoms with E-state index in [1.54, 1.807) is 11.3 Å². The Kier molecular flexibility index (Phi) is 2.80. The van der Waals surface area contributed by atoms with Gasteiger partial charge in [0.25, 0.3) is 0 Å². The van der Waals surface area contributed by atoms with Crippen LogP contribution in [0.2, 0.25) is 0 Å². The molecule has 1 aromatic carbocycles. The molecule has 13 heavy (non-hydrogen) atoms. The fourth-order valence-corrected chi connectivity index (χ4v) is 3.62. The quantitative estimate of drug-likeness (QED) is 0.460. The van der Waals surface area contributed by atoms with Gasteiger partial charge in [0.2, 0.25) is 0 Å². The second kappa shape index (κ2) is 3.74. The summed E-state index contributed by atoms with van der Waals surface area (Å²) in [5, 5.41) is 4.20. The van der Waals surface area contributed by atoms with Gasteiger partial charge in [-0.15, -0.1) is 11.3 Å². The minimum Gasteiger partial charge on any atom is -0.398 e. The van der Waals surface area contributed by atoms with E-state index in [0.29, 0.717) is 0 Å². The van der Waals surface area contributed by atoms with Crippen LogP contribution in [-0.2, 0) is 5.33 Å². The molecule has 0 fully saturated rings. The van der Waals surface area contributed by atoms with Crippen molar-refractivity contribution in [1.29, 1.82) is 0 Å². The number of alkyl halides is 1. The van der Waals surface area contributed by atoms with Gasteiger partial charge >= 0.3 is 0 Å². The lowest BCUT2D eigenvalue weighted by molar-refractivity contribution is 1.48. The van der Waals surface area contributed by atoms with Crippen molar-refractivity contribution < 1.29 is 0 Å². The van der Waals surface area contributed by atoms with Gasteiger partial charge in [-0.1, -0.05) is 15.9 Å². The lowest BCUT2D eigenvalue weighted by atomic mass is 10.1. The van der Waals surface area contributed by atoms with E-state index in [-0.39, 0.29) is 0 Å². The van der Waals surface area contributed by atoms with E-state index in [1.165, 1.54) is 15.6 Å². The number of nitrogen functional groups attached to an aromatic ring is 1. The Morgan fingerprint density at radius 3 is 3.00 bits per heavy atom. The fourth-order valence-electron chi connectivity index (χ4n) is 1.31. The Balaban J connectivity index is 2.87. The van der Waals surface area contributed by atoms with Crippen LogP contribution < -0.4 is 5.73 Å². The van der Waals surface area contributed by atoms with Crippen LogP contribution in [0.25, 0.3) is 10.1 Å². The van der Waals surface area contributed by atoms with E-state index in [2.05, 4.69) is 56.0 Å².